The van der Waals surface area contributed by atoms with E-state index in [0.717, 1.165) is 0 Å². The maximum Gasteiger partial charge on any atom is 0.251 e. The summed E-state index contributed by atoms with van der Waals surface area (Å²) in [6.45, 7) is 4.71. The van der Waals surface area contributed by atoms with Gasteiger partial charge in [-0.3, -0.25) is 4.68 Å². The Kier molecular flexibility index (Phi) is 3.30. The molecule has 0 bridgehead atoms. The van der Waals surface area contributed by atoms with E-state index in [0.29, 0.717) is 13.2 Å². The number of aryl methyl sites for hydroxylation is 1. The lowest BCUT2D eigenvalue weighted by atomic mass is 10.6. The van der Waals surface area contributed by atoms with Gasteiger partial charge in [-0.25, -0.2) is 8.42 Å². The van der Waals surface area contributed by atoms with Crippen LogP contribution < -0.4 is 4.74 Å². The lowest BCUT2D eigenvalue weighted by Gasteiger charge is -1.96. The standard InChI is InChI=1S/C7H12N2O3S/c1-3-9-5-6(13(10)11)7(8-9)12-4-2/h5,13H,3-4H2,1-2H3. The van der Waals surface area contributed by atoms with Crippen molar-refractivity contribution in [3.63, 3.8) is 0 Å². The Morgan fingerprint density at radius 2 is 2.23 bits per heavy atom. The third-order valence-corrected chi connectivity index (χ3v) is 2.21. The first-order valence-electron chi connectivity index (χ1n) is 4.03. The Morgan fingerprint density at radius 1 is 1.54 bits per heavy atom. The minimum Gasteiger partial charge on any atom is -0.476 e. The van der Waals surface area contributed by atoms with Gasteiger partial charge in [-0.1, -0.05) is 0 Å². The van der Waals surface area contributed by atoms with Crippen LogP contribution in [0.15, 0.2) is 11.1 Å². The summed E-state index contributed by atoms with van der Waals surface area (Å²) in [6.07, 6.45) is 1.47. The summed E-state index contributed by atoms with van der Waals surface area (Å²) in [4.78, 5) is 0.152. The number of rotatable bonds is 4. The van der Waals surface area contributed by atoms with Gasteiger partial charge in [-0.2, -0.15) is 0 Å². The van der Waals surface area contributed by atoms with Gasteiger partial charge >= 0.3 is 0 Å². The molecule has 13 heavy (non-hydrogen) atoms. The molecule has 6 heteroatoms. The number of nitrogens with zero attached hydrogens (tertiary/aromatic N) is 2. The van der Waals surface area contributed by atoms with Crippen molar-refractivity contribution < 1.29 is 13.2 Å². The van der Waals surface area contributed by atoms with Crippen LogP contribution in [0.4, 0.5) is 0 Å². The van der Waals surface area contributed by atoms with Gasteiger partial charge in [0.25, 0.3) is 5.88 Å². The quantitative estimate of drug-likeness (QED) is 0.715. The molecule has 0 amide bonds. The van der Waals surface area contributed by atoms with E-state index >= 15 is 0 Å². The Morgan fingerprint density at radius 3 is 2.69 bits per heavy atom. The molecule has 0 radical (unpaired) electrons. The molecule has 0 saturated carbocycles. The monoisotopic (exact) mass is 204 g/mol. The molecule has 1 aromatic heterocycles. The summed E-state index contributed by atoms with van der Waals surface area (Å²) in [5.41, 5.74) is 0. The van der Waals surface area contributed by atoms with E-state index in [1.807, 2.05) is 6.92 Å². The molecule has 74 valence electrons. The molecule has 0 atom stereocenters. The van der Waals surface area contributed by atoms with Gasteiger partial charge in [0.05, 0.1) is 6.61 Å². The van der Waals surface area contributed by atoms with Gasteiger partial charge in [0.1, 0.15) is 4.90 Å². The second-order valence-corrected chi connectivity index (χ2v) is 3.36. The van der Waals surface area contributed by atoms with Crippen LogP contribution in [-0.4, -0.2) is 24.8 Å². The molecule has 0 saturated heterocycles. The van der Waals surface area contributed by atoms with Crippen molar-refractivity contribution in [2.75, 3.05) is 6.61 Å². The SMILES string of the molecule is CCOc1nn(CC)cc1[SH](=O)=O. The van der Waals surface area contributed by atoms with Crippen molar-refractivity contribution in [1.29, 1.82) is 0 Å². The zero-order chi connectivity index (χ0) is 9.84. The highest BCUT2D eigenvalue weighted by atomic mass is 32.2. The maximum absolute atomic E-state index is 10.7. The number of aromatic nitrogens is 2. The maximum atomic E-state index is 10.7. The normalized spacial score (nSPS) is 10.7. The second-order valence-electron chi connectivity index (χ2n) is 2.37. The summed E-state index contributed by atoms with van der Waals surface area (Å²) in [6, 6.07) is 0. The average Bonchev–Trinajstić information content (AvgIpc) is 2.48. The minimum atomic E-state index is -2.62. The van der Waals surface area contributed by atoms with Crippen LogP contribution in [0.3, 0.4) is 0 Å². The van der Waals surface area contributed by atoms with E-state index < -0.39 is 10.7 Å². The number of thiol groups is 1. The summed E-state index contributed by atoms with van der Waals surface area (Å²) < 4.78 is 28.1. The highest BCUT2D eigenvalue weighted by molar-refractivity contribution is 7.72. The number of hydrogen-bond donors (Lipinski definition) is 1. The van der Waals surface area contributed by atoms with Crippen molar-refractivity contribution >= 4 is 10.7 Å². The van der Waals surface area contributed by atoms with Crippen LogP contribution in [-0.2, 0) is 17.2 Å². The van der Waals surface area contributed by atoms with E-state index in [2.05, 4.69) is 5.10 Å². The summed E-state index contributed by atoms with van der Waals surface area (Å²) >= 11 is 0. The summed E-state index contributed by atoms with van der Waals surface area (Å²) in [7, 11) is -2.62. The largest absolute Gasteiger partial charge is 0.476 e. The lowest BCUT2D eigenvalue weighted by Crippen LogP contribution is -1.97. The molecule has 0 spiro atoms. The van der Waals surface area contributed by atoms with Crippen LogP contribution in [0.25, 0.3) is 0 Å². The van der Waals surface area contributed by atoms with E-state index in [4.69, 9.17) is 4.74 Å². The molecule has 0 N–H and O–H groups in total. The van der Waals surface area contributed by atoms with Crippen LogP contribution in [0.2, 0.25) is 0 Å². The van der Waals surface area contributed by atoms with Crippen LogP contribution in [0, 0.1) is 0 Å². The van der Waals surface area contributed by atoms with Gasteiger partial charge in [-0.15, -0.1) is 5.10 Å². The fourth-order valence-electron chi connectivity index (χ4n) is 0.920. The van der Waals surface area contributed by atoms with Crippen LogP contribution in [0.1, 0.15) is 13.8 Å². The van der Waals surface area contributed by atoms with Crippen LogP contribution in [0.5, 0.6) is 5.88 Å². The second kappa shape index (κ2) is 4.27. The van der Waals surface area contributed by atoms with Crippen molar-refractivity contribution in [3.8, 4) is 5.88 Å². The Hall–Kier alpha value is -1.04. The molecular weight excluding hydrogens is 192 g/mol. The summed E-state index contributed by atoms with van der Waals surface area (Å²) in [5, 5.41) is 3.95. The Balaban J connectivity index is 3.07. The lowest BCUT2D eigenvalue weighted by molar-refractivity contribution is 0.314. The van der Waals surface area contributed by atoms with E-state index in [9.17, 15) is 8.42 Å². The third kappa shape index (κ3) is 2.21. The predicted octanol–water partition coefficient (Wildman–Crippen LogP) is 0.272. The zero-order valence-electron chi connectivity index (χ0n) is 7.56. The van der Waals surface area contributed by atoms with Crippen molar-refractivity contribution in [1.82, 2.24) is 9.78 Å². The van der Waals surface area contributed by atoms with E-state index in [-0.39, 0.29) is 10.8 Å². The third-order valence-electron chi connectivity index (χ3n) is 1.51. The molecule has 0 aliphatic heterocycles. The first-order valence-corrected chi connectivity index (χ1v) is 5.21. The zero-order valence-corrected chi connectivity index (χ0v) is 8.45. The molecule has 0 aliphatic rings. The molecular formula is C7H12N2O3S. The van der Waals surface area contributed by atoms with Crippen molar-refractivity contribution in [2.24, 2.45) is 0 Å². The van der Waals surface area contributed by atoms with Crippen LogP contribution >= 0.6 is 0 Å². The highest BCUT2D eigenvalue weighted by Crippen LogP contribution is 2.16. The van der Waals surface area contributed by atoms with E-state index in [1.54, 1.807) is 6.92 Å². The Bertz CT molecular complexity index is 349. The molecule has 1 rings (SSSR count). The Labute approximate surface area is 78.3 Å². The van der Waals surface area contributed by atoms with Crippen molar-refractivity contribution in [2.45, 2.75) is 25.3 Å². The van der Waals surface area contributed by atoms with Gasteiger partial charge in [0.2, 0.25) is 0 Å². The van der Waals surface area contributed by atoms with E-state index in [1.165, 1.54) is 10.9 Å². The highest BCUT2D eigenvalue weighted by Gasteiger charge is 2.10. The molecule has 0 unspecified atom stereocenters. The van der Waals surface area contributed by atoms with Crippen molar-refractivity contribution in [3.05, 3.63) is 6.20 Å². The summed E-state index contributed by atoms with van der Waals surface area (Å²) in [5.74, 6) is 0.195. The molecule has 5 nitrogen and oxygen atoms in total. The molecule has 1 heterocycles. The number of hydrogen-bond acceptors (Lipinski definition) is 4. The first-order chi connectivity index (χ1) is 6.19. The molecule has 0 aromatic carbocycles. The fraction of sp³-hybridized carbons (Fsp3) is 0.571. The topological polar surface area (TPSA) is 61.2 Å². The van der Waals surface area contributed by atoms with Gasteiger partial charge in [-0.05, 0) is 13.8 Å². The van der Waals surface area contributed by atoms with Gasteiger partial charge in [0, 0.05) is 12.7 Å². The number of ether oxygens (including phenoxy) is 1. The van der Waals surface area contributed by atoms with Gasteiger partial charge in [0.15, 0.2) is 10.7 Å². The molecule has 1 aromatic rings. The smallest absolute Gasteiger partial charge is 0.251 e. The average molecular weight is 204 g/mol. The minimum absolute atomic E-state index is 0.152. The first kappa shape index (κ1) is 10.0. The molecule has 0 fully saturated rings. The predicted molar refractivity (Wildman–Crippen MR) is 47.7 cm³/mol. The molecule has 0 aliphatic carbocycles. The fourth-order valence-corrected chi connectivity index (χ4v) is 1.41. The van der Waals surface area contributed by atoms with Gasteiger partial charge < -0.3 is 4.74 Å².